The number of methoxy groups -OCH3 is 1. The molecule has 0 heterocycles. The third kappa shape index (κ3) is 3.96. The Balaban J connectivity index is 2.31. The number of anilines is 1. The SMILES string of the molecule is COc1cccc(C(Cl)=NCc2ccccc2C(F)(F)F)c1N. The summed E-state index contributed by atoms with van der Waals surface area (Å²) in [6.45, 7) is -0.203. The Morgan fingerprint density at radius 2 is 1.87 bits per heavy atom. The number of ether oxygens (including phenoxy) is 1. The van der Waals surface area contributed by atoms with Crippen LogP contribution in [0.25, 0.3) is 0 Å². The van der Waals surface area contributed by atoms with Gasteiger partial charge in [-0.05, 0) is 23.8 Å². The Morgan fingerprint density at radius 3 is 2.52 bits per heavy atom. The second-order valence-corrected chi connectivity index (χ2v) is 5.04. The molecule has 0 fully saturated rings. The first-order chi connectivity index (χ1) is 10.8. The van der Waals surface area contributed by atoms with Gasteiger partial charge in [-0.2, -0.15) is 13.2 Å². The van der Waals surface area contributed by atoms with Crippen molar-refractivity contribution in [2.45, 2.75) is 12.7 Å². The van der Waals surface area contributed by atoms with Crippen molar-refractivity contribution in [3.63, 3.8) is 0 Å². The minimum atomic E-state index is -4.44. The van der Waals surface area contributed by atoms with Crippen LogP contribution >= 0.6 is 11.6 Å². The maximum absolute atomic E-state index is 12.9. The van der Waals surface area contributed by atoms with E-state index in [0.29, 0.717) is 11.3 Å². The maximum atomic E-state index is 12.9. The zero-order chi connectivity index (χ0) is 17.0. The van der Waals surface area contributed by atoms with Crippen LogP contribution in [0.3, 0.4) is 0 Å². The number of benzene rings is 2. The normalized spacial score (nSPS) is 12.3. The summed E-state index contributed by atoms with van der Waals surface area (Å²) in [6, 6.07) is 10.2. The lowest BCUT2D eigenvalue weighted by Crippen LogP contribution is -2.09. The molecule has 122 valence electrons. The zero-order valence-electron chi connectivity index (χ0n) is 12.2. The van der Waals surface area contributed by atoms with Crippen molar-refractivity contribution in [1.82, 2.24) is 0 Å². The Hall–Kier alpha value is -2.21. The predicted molar refractivity (Wildman–Crippen MR) is 84.9 cm³/mol. The van der Waals surface area contributed by atoms with E-state index in [-0.39, 0.29) is 23.0 Å². The monoisotopic (exact) mass is 342 g/mol. The van der Waals surface area contributed by atoms with Crippen LogP contribution < -0.4 is 10.5 Å². The van der Waals surface area contributed by atoms with Gasteiger partial charge in [0.05, 0.1) is 24.9 Å². The van der Waals surface area contributed by atoms with Gasteiger partial charge in [0.25, 0.3) is 0 Å². The second-order valence-electron chi connectivity index (χ2n) is 4.68. The molecule has 0 unspecified atom stereocenters. The van der Waals surface area contributed by atoms with Crippen LogP contribution in [0.15, 0.2) is 47.5 Å². The van der Waals surface area contributed by atoms with E-state index in [1.807, 2.05) is 0 Å². The standard InChI is InChI=1S/C16H14ClF3N2O/c1-23-13-8-4-6-11(14(13)21)15(17)22-9-10-5-2-3-7-12(10)16(18,19)20/h2-8H,9,21H2,1H3. The number of halogens is 4. The van der Waals surface area contributed by atoms with Gasteiger partial charge < -0.3 is 10.5 Å². The van der Waals surface area contributed by atoms with Crippen molar-refractivity contribution < 1.29 is 17.9 Å². The third-order valence-electron chi connectivity index (χ3n) is 3.22. The van der Waals surface area contributed by atoms with Crippen LogP contribution in [0.4, 0.5) is 18.9 Å². The minimum Gasteiger partial charge on any atom is -0.495 e. The van der Waals surface area contributed by atoms with Crippen LogP contribution in [-0.4, -0.2) is 12.3 Å². The average Bonchev–Trinajstić information content (AvgIpc) is 2.52. The third-order valence-corrected chi connectivity index (χ3v) is 3.54. The molecule has 0 aliphatic rings. The maximum Gasteiger partial charge on any atom is 0.416 e. The van der Waals surface area contributed by atoms with E-state index in [1.54, 1.807) is 18.2 Å². The average molecular weight is 343 g/mol. The molecule has 0 bridgehead atoms. The van der Waals surface area contributed by atoms with E-state index in [9.17, 15) is 13.2 Å². The summed E-state index contributed by atoms with van der Waals surface area (Å²) in [6.07, 6.45) is -4.44. The molecule has 23 heavy (non-hydrogen) atoms. The van der Waals surface area contributed by atoms with E-state index in [0.717, 1.165) is 6.07 Å². The fraction of sp³-hybridized carbons (Fsp3) is 0.188. The molecule has 2 rings (SSSR count). The van der Waals surface area contributed by atoms with Gasteiger partial charge in [0.1, 0.15) is 10.9 Å². The fourth-order valence-corrected chi connectivity index (χ4v) is 2.30. The van der Waals surface area contributed by atoms with Crippen molar-refractivity contribution in [2.24, 2.45) is 4.99 Å². The Kier molecular flexibility index (Phi) is 5.15. The van der Waals surface area contributed by atoms with Gasteiger partial charge in [-0.25, -0.2) is 0 Å². The lowest BCUT2D eigenvalue weighted by molar-refractivity contribution is -0.138. The molecule has 0 aromatic heterocycles. The quantitative estimate of drug-likeness (QED) is 0.657. The van der Waals surface area contributed by atoms with Crippen LogP contribution in [0, 0.1) is 0 Å². The molecule has 0 aliphatic carbocycles. The number of alkyl halides is 3. The van der Waals surface area contributed by atoms with Crippen LogP contribution in [-0.2, 0) is 12.7 Å². The van der Waals surface area contributed by atoms with Gasteiger partial charge in [-0.1, -0.05) is 35.9 Å². The van der Waals surface area contributed by atoms with Crippen LogP contribution in [0.1, 0.15) is 16.7 Å². The van der Waals surface area contributed by atoms with E-state index in [1.165, 1.54) is 25.3 Å². The molecule has 2 aromatic carbocycles. The summed E-state index contributed by atoms with van der Waals surface area (Å²) < 4.78 is 43.9. The molecule has 0 atom stereocenters. The molecule has 0 aliphatic heterocycles. The molecule has 2 aromatic rings. The second kappa shape index (κ2) is 6.91. The van der Waals surface area contributed by atoms with Crippen LogP contribution in [0.2, 0.25) is 0 Å². The fourth-order valence-electron chi connectivity index (χ4n) is 2.08. The van der Waals surface area contributed by atoms with Crippen molar-refractivity contribution in [1.29, 1.82) is 0 Å². The van der Waals surface area contributed by atoms with Gasteiger partial charge in [-0.15, -0.1) is 0 Å². The first-order valence-corrected chi connectivity index (χ1v) is 7.00. The number of rotatable bonds is 4. The number of nitrogens with zero attached hydrogens (tertiary/aromatic N) is 1. The van der Waals surface area contributed by atoms with Crippen molar-refractivity contribution >= 4 is 22.5 Å². The highest BCUT2D eigenvalue weighted by Gasteiger charge is 2.32. The van der Waals surface area contributed by atoms with Gasteiger partial charge in [0, 0.05) is 5.56 Å². The molecule has 3 nitrogen and oxygen atoms in total. The molecule has 0 amide bonds. The van der Waals surface area contributed by atoms with E-state index in [4.69, 9.17) is 22.1 Å². The first kappa shape index (κ1) is 17.1. The largest absolute Gasteiger partial charge is 0.495 e. The lowest BCUT2D eigenvalue weighted by Gasteiger charge is -2.12. The molecule has 2 N–H and O–H groups in total. The summed E-state index contributed by atoms with van der Waals surface area (Å²) in [5.41, 5.74) is 5.90. The highest BCUT2D eigenvalue weighted by atomic mass is 35.5. The summed E-state index contributed by atoms with van der Waals surface area (Å²) in [4.78, 5) is 4.02. The summed E-state index contributed by atoms with van der Waals surface area (Å²) in [5.74, 6) is 0.423. The molecule has 0 spiro atoms. The van der Waals surface area contributed by atoms with E-state index >= 15 is 0 Å². The smallest absolute Gasteiger partial charge is 0.416 e. The van der Waals surface area contributed by atoms with Crippen molar-refractivity contribution in [3.05, 3.63) is 59.2 Å². The predicted octanol–water partition coefficient (Wildman–Crippen LogP) is 4.48. The summed E-state index contributed by atoms with van der Waals surface area (Å²) >= 11 is 6.09. The Morgan fingerprint density at radius 1 is 1.17 bits per heavy atom. The van der Waals surface area contributed by atoms with Crippen molar-refractivity contribution in [3.8, 4) is 5.75 Å². The van der Waals surface area contributed by atoms with E-state index < -0.39 is 11.7 Å². The van der Waals surface area contributed by atoms with Gasteiger partial charge in [-0.3, -0.25) is 4.99 Å². The summed E-state index contributed by atoms with van der Waals surface area (Å²) in [5, 5.41) is 0.0263. The Labute approximate surface area is 136 Å². The number of hydrogen-bond donors (Lipinski definition) is 1. The lowest BCUT2D eigenvalue weighted by atomic mass is 10.1. The Bertz CT molecular complexity index is 730. The zero-order valence-corrected chi connectivity index (χ0v) is 12.9. The highest BCUT2D eigenvalue weighted by Crippen LogP contribution is 2.32. The summed E-state index contributed by atoms with van der Waals surface area (Å²) in [7, 11) is 1.46. The van der Waals surface area contributed by atoms with Crippen LogP contribution in [0.5, 0.6) is 5.75 Å². The van der Waals surface area contributed by atoms with Gasteiger partial charge in [0.15, 0.2) is 0 Å². The molecular weight excluding hydrogens is 329 g/mol. The first-order valence-electron chi connectivity index (χ1n) is 6.62. The van der Waals surface area contributed by atoms with Gasteiger partial charge in [0.2, 0.25) is 0 Å². The molecule has 0 saturated carbocycles. The molecule has 0 saturated heterocycles. The molecule has 7 heteroatoms. The van der Waals surface area contributed by atoms with E-state index in [2.05, 4.69) is 4.99 Å². The number of nitrogens with two attached hydrogens (primary N) is 1. The molecule has 0 radical (unpaired) electrons. The number of hydrogen-bond acceptors (Lipinski definition) is 3. The van der Waals surface area contributed by atoms with Gasteiger partial charge >= 0.3 is 6.18 Å². The minimum absolute atomic E-state index is 0.0263. The van der Waals surface area contributed by atoms with Crippen molar-refractivity contribution in [2.75, 3.05) is 12.8 Å². The molecular formula is C16H14ClF3N2O. The number of aliphatic imine (C=N–C) groups is 1. The highest BCUT2D eigenvalue weighted by molar-refractivity contribution is 6.70. The number of para-hydroxylation sites is 1. The number of nitrogen functional groups attached to an aromatic ring is 1. The topological polar surface area (TPSA) is 47.6 Å².